The standard InChI is InChI=1S/C9H14N2S/c1-7-3-5-9(2,6-4-7)11-8(10)12/h3-5H,6H2,1-2H3,(H3,10,11,12). The first-order chi connectivity index (χ1) is 5.52. The Morgan fingerprint density at radius 1 is 1.75 bits per heavy atom. The van der Waals surface area contributed by atoms with E-state index in [9.17, 15) is 0 Å². The second kappa shape index (κ2) is 3.27. The third kappa shape index (κ3) is 2.34. The van der Waals surface area contributed by atoms with Crippen molar-refractivity contribution in [3.8, 4) is 0 Å². The van der Waals surface area contributed by atoms with Crippen LogP contribution in [-0.2, 0) is 0 Å². The van der Waals surface area contributed by atoms with E-state index in [1.54, 1.807) is 0 Å². The fourth-order valence-electron chi connectivity index (χ4n) is 1.20. The number of nitrogens with one attached hydrogen (secondary N) is 1. The van der Waals surface area contributed by atoms with Gasteiger partial charge in [0, 0.05) is 0 Å². The summed E-state index contributed by atoms with van der Waals surface area (Å²) in [5.41, 5.74) is 6.61. The van der Waals surface area contributed by atoms with Crippen LogP contribution in [0.2, 0.25) is 0 Å². The summed E-state index contributed by atoms with van der Waals surface area (Å²) in [5.74, 6) is 0. The summed E-state index contributed by atoms with van der Waals surface area (Å²) in [4.78, 5) is 0. The molecule has 0 saturated heterocycles. The zero-order valence-corrected chi connectivity index (χ0v) is 8.24. The molecule has 0 amide bonds. The average Bonchev–Trinajstić information content (AvgIpc) is 1.94. The number of nitrogens with two attached hydrogens (primary N) is 1. The lowest BCUT2D eigenvalue weighted by Crippen LogP contribution is -2.47. The maximum Gasteiger partial charge on any atom is 0.164 e. The largest absolute Gasteiger partial charge is 0.376 e. The maximum absolute atomic E-state index is 5.41. The van der Waals surface area contributed by atoms with Crippen molar-refractivity contribution >= 4 is 17.3 Å². The minimum Gasteiger partial charge on any atom is -0.376 e. The van der Waals surface area contributed by atoms with Gasteiger partial charge in [-0.1, -0.05) is 23.8 Å². The molecule has 0 aromatic heterocycles. The van der Waals surface area contributed by atoms with Crippen molar-refractivity contribution < 1.29 is 0 Å². The molecule has 1 aliphatic rings. The van der Waals surface area contributed by atoms with Crippen molar-refractivity contribution in [2.45, 2.75) is 25.8 Å². The van der Waals surface area contributed by atoms with E-state index in [1.807, 2.05) is 0 Å². The molecule has 1 aliphatic carbocycles. The summed E-state index contributed by atoms with van der Waals surface area (Å²) in [7, 11) is 0. The highest BCUT2D eigenvalue weighted by molar-refractivity contribution is 7.80. The Hall–Kier alpha value is -0.830. The zero-order chi connectivity index (χ0) is 9.19. The number of hydrogen-bond donors (Lipinski definition) is 2. The molecule has 66 valence electrons. The summed E-state index contributed by atoms with van der Waals surface area (Å²) < 4.78 is 0. The number of rotatable bonds is 1. The van der Waals surface area contributed by atoms with Crippen LogP contribution in [0.1, 0.15) is 20.3 Å². The van der Waals surface area contributed by atoms with Crippen LogP contribution in [0.25, 0.3) is 0 Å². The van der Waals surface area contributed by atoms with Crippen molar-refractivity contribution in [3.63, 3.8) is 0 Å². The summed E-state index contributed by atoms with van der Waals surface area (Å²) in [6, 6.07) is 0. The van der Waals surface area contributed by atoms with Gasteiger partial charge in [-0.2, -0.15) is 0 Å². The van der Waals surface area contributed by atoms with Crippen LogP contribution in [-0.4, -0.2) is 10.7 Å². The third-order valence-corrected chi connectivity index (χ3v) is 2.07. The molecule has 0 spiro atoms. The van der Waals surface area contributed by atoms with Crippen LogP contribution in [0, 0.1) is 0 Å². The van der Waals surface area contributed by atoms with Gasteiger partial charge in [0.15, 0.2) is 5.11 Å². The average molecular weight is 182 g/mol. The molecule has 1 atom stereocenters. The fourth-order valence-corrected chi connectivity index (χ4v) is 1.43. The Bertz CT molecular complexity index is 255. The molecule has 2 nitrogen and oxygen atoms in total. The molecule has 0 aromatic carbocycles. The Morgan fingerprint density at radius 3 is 2.83 bits per heavy atom. The van der Waals surface area contributed by atoms with E-state index >= 15 is 0 Å². The Labute approximate surface area is 78.5 Å². The van der Waals surface area contributed by atoms with E-state index in [2.05, 4.69) is 37.4 Å². The van der Waals surface area contributed by atoms with E-state index in [-0.39, 0.29) is 5.54 Å². The third-order valence-electron chi connectivity index (χ3n) is 1.97. The summed E-state index contributed by atoms with van der Waals surface area (Å²) >= 11 is 4.79. The fraction of sp³-hybridized carbons (Fsp3) is 0.444. The molecule has 0 radical (unpaired) electrons. The van der Waals surface area contributed by atoms with Gasteiger partial charge in [-0.25, -0.2) is 0 Å². The van der Waals surface area contributed by atoms with Gasteiger partial charge >= 0.3 is 0 Å². The quantitative estimate of drug-likeness (QED) is 0.603. The summed E-state index contributed by atoms with van der Waals surface area (Å²) in [5, 5.41) is 3.41. The molecule has 0 saturated carbocycles. The minimum absolute atomic E-state index is 0.0919. The number of hydrogen-bond acceptors (Lipinski definition) is 1. The van der Waals surface area contributed by atoms with Crippen molar-refractivity contribution in [1.82, 2.24) is 5.32 Å². The molecule has 3 N–H and O–H groups in total. The molecule has 1 unspecified atom stereocenters. The van der Waals surface area contributed by atoms with Crippen LogP contribution in [0.5, 0.6) is 0 Å². The van der Waals surface area contributed by atoms with Gasteiger partial charge in [0.2, 0.25) is 0 Å². The summed E-state index contributed by atoms with van der Waals surface area (Å²) in [6.45, 7) is 4.16. The van der Waals surface area contributed by atoms with Gasteiger partial charge in [0.25, 0.3) is 0 Å². The van der Waals surface area contributed by atoms with Gasteiger partial charge in [0.05, 0.1) is 5.54 Å². The van der Waals surface area contributed by atoms with Crippen molar-refractivity contribution in [2.75, 3.05) is 0 Å². The highest BCUT2D eigenvalue weighted by Gasteiger charge is 2.21. The monoisotopic (exact) mass is 182 g/mol. The van der Waals surface area contributed by atoms with Crippen molar-refractivity contribution in [1.29, 1.82) is 0 Å². The van der Waals surface area contributed by atoms with Gasteiger partial charge in [-0.05, 0) is 32.5 Å². The van der Waals surface area contributed by atoms with Crippen LogP contribution < -0.4 is 11.1 Å². The van der Waals surface area contributed by atoms with Gasteiger partial charge in [0.1, 0.15) is 0 Å². The summed E-state index contributed by atoms with van der Waals surface area (Å²) in [6.07, 6.45) is 7.29. The van der Waals surface area contributed by atoms with Crippen molar-refractivity contribution in [2.24, 2.45) is 5.73 Å². The highest BCUT2D eigenvalue weighted by atomic mass is 32.1. The normalized spacial score (nSPS) is 28.0. The topological polar surface area (TPSA) is 38.0 Å². The number of allylic oxidation sites excluding steroid dienone is 2. The van der Waals surface area contributed by atoms with E-state index in [0.29, 0.717) is 5.11 Å². The first-order valence-corrected chi connectivity index (χ1v) is 4.36. The molecule has 0 aromatic rings. The minimum atomic E-state index is -0.0919. The predicted molar refractivity (Wildman–Crippen MR) is 55.8 cm³/mol. The van der Waals surface area contributed by atoms with E-state index < -0.39 is 0 Å². The highest BCUT2D eigenvalue weighted by Crippen LogP contribution is 2.19. The Kier molecular flexibility index (Phi) is 2.52. The Balaban J connectivity index is 2.65. The second-order valence-corrected chi connectivity index (χ2v) is 3.83. The van der Waals surface area contributed by atoms with Crippen LogP contribution in [0.4, 0.5) is 0 Å². The lowest BCUT2D eigenvalue weighted by atomic mass is 9.91. The first kappa shape index (κ1) is 9.26. The molecule has 3 heteroatoms. The van der Waals surface area contributed by atoms with Crippen LogP contribution >= 0.6 is 12.2 Å². The Morgan fingerprint density at radius 2 is 2.42 bits per heavy atom. The molecule has 0 aliphatic heterocycles. The maximum atomic E-state index is 5.41. The lowest BCUT2D eigenvalue weighted by molar-refractivity contribution is 0.522. The second-order valence-electron chi connectivity index (χ2n) is 3.39. The lowest BCUT2D eigenvalue weighted by Gasteiger charge is -2.29. The van der Waals surface area contributed by atoms with Gasteiger partial charge < -0.3 is 11.1 Å². The van der Waals surface area contributed by atoms with E-state index in [4.69, 9.17) is 18.0 Å². The van der Waals surface area contributed by atoms with E-state index in [0.717, 1.165) is 6.42 Å². The molecule has 0 fully saturated rings. The molecule has 0 heterocycles. The van der Waals surface area contributed by atoms with Gasteiger partial charge in [-0.15, -0.1) is 0 Å². The van der Waals surface area contributed by atoms with Crippen molar-refractivity contribution in [3.05, 3.63) is 23.8 Å². The molecular weight excluding hydrogens is 168 g/mol. The zero-order valence-electron chi connectivity index (χ0n) is 7.42. The smallest absolute Gasteiger partial charge is 0.164 e. The SMILES string of the molecule is CC1=CCC(C)(NC(N)=S)C=C1. The molecule has 12 heavy (non-hydrogen) atoms. The van der Waals surface area contributed by atoms with E-state index in [1.165, 1.54) is 5.57 Å². The number of thiocarbonyl (C=S) groups is 1. The predicted octanol–water partition coefficient (Wildman–Crippen LogP) is 1.48. The molecular formula is C9H14N2S. The van der Waals surface area contributed by atoms with Gasteiger partial charge in [-0.3, -0.25) is 0 Å². The first-order valence-electron chi connectivity index (χ1n) is 3.95. The van der Waals surface area contributed by atoms with Crippen LogP contribution in [0.3, 0.4) is 0 Å². The molecule has 1 rings (SSSR count). The van der Waals surface area contributed by atoms with Crippen LogP contribution in [0.15, 0.2) is 23.8 Å². The molecule has 0 bridgehead atoms.